The van der Waals surface area contributed by atoms with Gasteiger partial charge in [-0.25, -0.2) is 0 Å². The average molecular weight is 269 g/mol. The summed E-state index contributed by atoms with van der Waals surface area (Å²) in [5.41, 5.74) is 6.43. The Morgan fingerprint density at radius 3 is 2.26 bits per heavy atom. The molecule has 0 aliphatic heterocycles. The lowest BCUT2D eigenvalue weighted by Gasteiger charge is -2.45. The summed E-state index contributed by atoms with van der Waals surface area (Å²) in [5, 5.41) is 0. The third-order valence-corrected chi connectivity index (χ3v) is 4.84. The topological polar surface area (TPSA) is 32.5 Å². The van der Waals surface area contributed by atoms with Crippen LogP contribution in [0.2, 0.25) is 0 Å². The number of rotatable bonds is 6. The smallest absolute Gasteiger partial charge is 0.0253 e. The van der Waals surface area contributed by atoms with Crippen molar-refractivity contribution in [3.8, 4) is 0 Å². The molecule has 0 aromatic heterocycles. The Labute approximate surface area is 120 Å². The molecule has 1 aliphatic rings. The molecule has 4 unspecified atom stereocenters. The van der Waals surface area contributed by atoms with Crippen LogP contribution in [0.4, 0.5) is 0 Å². The summed E-state index contributed by atoms with van der Waals surface area (Å²) >= 11 is 0. The second-order valence-electron chi connectivity index (χ2n) is 6.99. The van der Waals surface area contributed by atoms with E-state index in [9.17, 15) is 0 Å². The van der Waals surface area contributed by atoms with Crippen LogP contribution in [0.25, 0.3) is 0 Å². The maximum absolute atomic E-state index is 6.43. The van der Waals surface area contributed by atoms with E-state index in [2.05, 4.69) is 51.6 Å². The molecule has 0 radical (unpaired) electrons. The van der Waals surface area contributed by atoms with Crippen LogP contribution >= 0.6 is 0 Å². The highest BCUT2D eigenvalue weighted by molar-refractivity contribution is 4.91. The number of hydrogen-bond acceptors (Lipinski definition) is 3. The van der Waals surface area contributed by atoms with Gasteiger partial charge in [0.2, 0.25) is 0 Å². The van der Waals surface area contributed by atoms with Crippen molar-refractivity contribution in [1.29, 1.82) is 0 Å². The van der Waals surface area contributed by atoms with Gasteiger partial charge in [0, 0.05) is 24.7 Å². The molecular weight excluding hydrogens is 234 g/mol. The Kier molecular flexibility index (Phi) is 6.78. The van der Waals surface area contributed by atoms with Gasteiger partial charge in [0.25, 0.3) is 0 Å². The van der Waals surface area contributed by atoms with E-state index in [1.165, 1.54) is 19.3 Å². The largest absolute Gasteiger partial charge is 0.326 e. The summed E-state index contributed by atoms with van der Waals surface area (Å²) in [6.07, 6.45) is 3.79. The van der Waals surface area contributed by atoms with Crippen LogP contribution < -0.4 is 5.73 Å². The van der Waals surface area contributed by atoms with Gasteiger partial charge >= 0.3 is 0 Å². The lowest BCUT2D eigenvalue weighted by atomic mass is 9.76. The van der Waals surface area contributed by atoms with Crippen molar-refractivity contribution < 1.29 is 0 Å². The Morgan fingerprint density at radius 2 is 1.79 bits per heavy atom. The zero-order valence-corrected chi connectivity index (χ0v) is 13.9. The molecule has 114 valence electrons. The molecule has 4 atom stereocenters. The molecule has 0 saturated heterocycles. The Balaban J connectivity index is 2.71. The summed E-state index contributed by atoms with van der Waals surface area (Å²) in [6, 6.07) is 1.52. The lowest BCUT2D eigenvalue weighted by Crippen LogP contribution is -2.56. The van der Waals surface area contributed by atoms with E-state index >= 15 is 0 Å². The molecule has 1 aliphatic carbocycles. The highest BCUT2D eigenvalue weighted by Gasteiger charge is 2.34. The number of hydrogen-bond donors (Lipinski definition) is 1. The minimum atomic E-state index is 0.361. The Morgan fingerprint density at radius 1 is 1.16 bits per heavy atom. The van der Waals surface area contributed by atoms with Gasteiger partial charge in [-0.1, -0.05) is 20.8 Å². The summed E-state index contributed by atoms with van der Waals surface area (Å²) in [5.74, 6) is 1.64. The second kappa shape index (κ2) is 7.61. The van der Waals surface area contributed by atoms with Crippen molar-refractivity contribution in [3.05, 3.63) is 0 Å². The first-order chi connectivity index (χ1) is 8.86. The van der Waals surface area contributed by atoms with Crippen LogP contribution in [-0.2, 0) is 0 Å². The van der Waals surface area contributed by atoms with E-state index in [0.29, 0.717) is 18.1 Å². The van der Waals surface area contributed by atoms with Crippen molar-refractivity contribution >= 4 is 0 Å². The number of nitrogens with two attached hydrogens (primary N) is 1. The highest BCUT2D eigenvalue weighted by atomic mass is 15.2. The van der Waals surface area contributed by atoms with Crippen molar-refractivity contribution in [2.75, 3.05) is 27.2 Å². The second-order valence-corrected chi connectivity index (χ2v) is 6.99. The molecule has 0 bridgehead atoms. The molecule has 1 fully saturated rings. The van der Waals surface area contributed by atoms with Crippen LogP contribution in [0.15, 0.2) is 0 Å². The first-order valence-corrected chi connectivity index (χ1v) is 8.02. The van der Waals surface area contributed by atoms with Crippen LogP contribution in [0.1, 0.15) is 47.0 Å². The van der Waals surface area contributed by atoms with Gasteiger partial charge in [-0.05, 0) is 58.7 Å². The summed E-state index contributed by atoms with van der Waals surface area (Å²) in [6.45, 7) is 11.6. The van der Waals surface area contributed by atoms with E-state index in [-0.39, 0.29) is 0 Å². The molecule has 1 rings (SSSR count). The van der Waals surface area contributed by atoms with Gasteiger partial charge in [-0.15, -0.1) is 0 Å². The average Bonchev–Trinajstić information content (AvgIpc) is 2.31. The predicted molar refractivity (Wildman–Crippen MR) is 84.3 cm³/mol. The van der Waals surface area contributed by atoms with Gasteiger partial charge in [0.1, 0.15) is 0 Å². The van der Waals surface area contributed by atoms with Crippen molar-refractivity contribution in [2.45, 2.75) is 65.1 Å². The van der Waals surface area contributed by atoms with Crippen molar-refractivity contribution in [3.63, 3.8) is 0 Å². The first-order valence-electron chi connectivity index (χ1n) is 8.02. The standard InChI is InChI=1S/C16H35N3/c1-7-19(13(4)11-18(5)6)16-10-14(12(2)3)8-9-15(16)17/h12-16H,7-11,17H2,1-6H3. The quantitative estimate of drug-likeness (QED) is 0.804. The molecule has 0 aromatic rings. The molecule has 0 heterocycles. The summed E-state index contributed by atoms with van der Waals surface area (Å²) in [4.78, 5) is 4.92. The third kappa shape index (κ3) is 4.73. The molecular formula is C16H35N3. The van der Waals surface area contributed by atoms with E-state index in [4.69, 9.17) is 5.73 Å². The zero-order valence-electron chi connectivity index (χ0n) is 13.9. The van der Waals surface area contributed by atoms with Crippen LogP contribution in [0, 0.1) is 11.8 Å². The monoisotopic (exact) mass is 269 g/mol. The van der Waals surface area contributed by atoms with Gasteiger partial charge in [-0.2, -0.15) is 0 Å². The summed E-state index contributed by atoms with van der Waals surface area (Å²) in [7, 11) is 4.31. The van der Waals surface area contributed by atoms with Gasteiger partial charge in [0.15, 0.2) is 0 Å². The fourth-order valence-corrected chi connectivity index (χ4v) is 3.69. The minimum Gasteiger partial charge on any atom is -0.326 e. The minimum absolute atomic E-state index is 0.361. The summed E-state index contributed by atoms with van der Waals surface area (Å²) < 4.78 is 0. The maximum Gasteiger partial charge on any atom is 0.0253 e. The molecule has 1 saturated carbocycles. The number of nitrogens with zero attached hydrogens (tertiary/aromatic N) is 2. The molecule has 3 heteroatoms. The normalized spacial score (nSPS) is 30.3. The molecule has 2 N–H and O–H groups in total. The molecule has 0 aromatic carbocycles. The third-order valence-electron chi connectivity index (χ3n) is 4.84. The van der Waals surface area contributed by atoms with Crippen LogP contribution in [0.3, 0.4) is 0 Å². The highest BCUT2D eigenvalue weighted by Crippen LogP contribution is 2.32. The maximum atomic E-state index is 6.43. The van der Waals surface area contributed by atoms with Gasteiger partial charge in [0.05, 0.1) is 0 Å². The van der Waals surface area contributed by atoms with Crippen molar-refractivity contribution in [1.82, 2.24) is 9.80 Å². The Bertz CT molecular complexity index is 252. The molecule has 19 heavy (non-hydrogen) atoms. The molecule has 0 amide bonds. The zero-order chi connectivity index (χ0) is 14.6. The predicted octanol–water partition coefficient (Wildman–Crippen LogP) is 2.41. The lowest BCUT2D eigenvalue weighted by molar-refractivity contribution is 0.0613. The fourth-order valence-electron chi connectivity index (χ4n) is 3.69. The molecule has 3 nitrogen and oxygen atoms in total. The van der Waals surface area contributed by atoms with E-state index < -0.39 is 0 Å². The van der Waals surface area contributed by atoms with Gasteiger partial charge < -0.3 is 10.6 Å². The van der Waals surface area contributed by atoms with Crippen LogP contribution in [0.5, 0.6) is 0 Å². The van der Waals surface area contributed by atoms with E-state index in [1.54, 1.807) is 0 Å². The number of likely N-dealkylation sites (N-methyl/N-ethyl adjacent to an activating group) is 2. The Hall–Kier alpha value is -0.120. The van der Waals surface area contributed by atoms with Gasteiger partial charge in [-0.3, -0.25) is 4.90 Å². The molecule has 0 spiro atoms. The van der Waals surface area contributed by atoms with Crippen molar-refractivity contribution in [2.24, 2.45) is 17.6 Å². The van der Waals surface area contributed by atoms with Crippen LogP contribution in [-0.4, -0.2) is 55.1 Å². The fraction of sp³-hybridized carbons (Fsp3) is 1.00. The first kappa shape index (κ1) is 16.9. The van der Waals surface area contributed by atoms with E-state index in [0.717, 1.165) is 24.9 Å². The SMILES string of the molecule is CCN(C(C)CN(C)C)C1CC(C(C)C)CCC1N. The van der Waals surface area contributed by atoms with E-state index in [1.807, 2.05) is 0 Å².